The molecule has 0 aliphatic heterocycles. The summed E-state index contributed by atoms with van der Waals surface area (Å²) < 4.78 is 0. The normalized spacial score (nSPS) is 11.0. The van der Waals surface area contributed by atoms with Crippen molar-refractivity contribution in [3.05, 3.63) is 93.9 Å². The molecule has 0 aliphatic rings. The molecule has 0 bridgehead atoms. The summed E-state index contributed by atoms with van der Waals surface area (Å²) in [6.07, 6.45) is 1.76. The summed E-state index contributed by atoms with van der Waals surface area (Å²) in [7, 11) is 0. The maximum Gasteiger partial charge on any atom is 0.252 e. The van der Waals surface area contributed by atoms with E-state index >= 15 is 0 Å². The van der Waals surface area contributed by atoms with E-state index in [1.807, 2.05) is 24.3 Å². The van der Waals surface area contributed by atoms with Crippen LogP contribution in [0.1, 0.15) is 36.6 Å². The van der Waals surface area contributed by atoms with Crippen LogP contribution in [0.4, 0.5) is 0 Å². The number of aryl methyl sites for hydroxylation is 2. The van der Waals surface area contributed by atoms with E-state index in [9.17, 15) is 4.79 Å². The van der Waals surface area contributed by atoms with Crippen LogP contribution in [-0.4, -0.2) is 4.98 Å². The lowest BCUT2D eigenvalue weighted by atomic mass is 10.0. The van der Waals surface area contributed by atoms with Gasteiger partial charge < -0.3 is 4.98 Å². The largest absolute Gasteiger partial charge is 0.326 e. The molecule has 1 N–H and O–H groups in total. The van der Waals surface area contributed by atoms with Crippen LogP contribution in [0.3, 0.4) is 0 Å². The quantitative estimate of drug-likeness (QED) is 0.643. The average molecular weight is 349 g/mol. The standard InChI is InChI=1S/C22H23NOS/c1-16(2)21-20(25-19-11-7-4-8-12-19)15-18(23-22(21)24)14-13-17-9-5-3-6-10-17/h3-12,15-16H,13-14H2,1-2H3,(H,23,24). The SMILES string of the molecule is CC(C)c1c(Sc2ccccc2)cc(CCc2ccccc2)[nH]c1=O. The molecule has 0 fully saturated rings. The summed E-state index contributed by atoms with van der Waals surface area (Å²) >= 11 is 1.67. The molecule has 0 spiro atoms. The predicted molar refractivity (Wildman–Crippen MR) is 106 cm³/mol. The lowest BCUT2D eigenvalue weighted by Gasteiger charge is -2.13. The molecule has 3 heteroatoms. The highest BCUT2D eigenvalue weighted by atomic mass is 32.2. The van der Waals surface area contributed by atoms with Crippen molar-refractivity contribution in [3.8, 4) is 0 Å². The van der Waals surface area contributed by atoms with Gasteiger partial charge in [0, 0.05) is 21.0 Å². The molecule has 0 saturated carbocycles. The molecule has 0 radical (unpaired) electrons. The number of nitrogens with one attached hydrogen (secondary N) is 1. The van der Waals surface area contributed by atoms with Gasteiger partial charge in [-0.25, -0.2) is 0 Å². The summed E-state index contributed by atoms with van der Waals surface area (Å²) in [6.45, 7) is 4.15. The third kappa shape index (κ3) is 4.64. The highest BCUT2D eigenvalue weighted by molar-refractivity contribution is 7.99. The van der Waals surface area contributed by atoms with Gasteiger partial charge in [0.15, 0.2) is 0 Å². The molecule has 1 aromatic heterocycles. The molecular weight excluding hydrogens is 326 g/mol. The summed E-state index contributed by atoms with van der Waals surface area (Å²) in [4.78, 5) is 17.9. The zero-order valence-corrected chi connectivity index (χ0v) is 15.5. The molecule has 128 valence electrons. The Morgan fingerprint density at radius 1 is 0.920 bits per heavy atom. The van der Waals surface area contributed by atoms with Crippen LogP contribution in [0.2, 0.25) is 0 Å². The van der Waals surface area contributed by atoms with E-state index in [2.05, 4.69) is 61.3 Å². The molecule has 0 aliphatic carbocycles. The molecule has 25 heavy (non-hydrogen) atoms. The van der Waals surface area contributed by atoms with Gasteiger partial charge in [-0.05, 0) is 42.5 Å². The molecule has 2 aromatic carbocycles. The topological polar surface area (TPSA) is 32.9 Å². The number of aromatic amines is 1. The second-order valence-corrected chi connectivity index (χ2v) is 7.57. The summed E-state index contributed by atoms with van der Waals surface area (Å²) in [5.41, 5.74) is 3.20. The molecule has 0 saturated heterocycles. The molecule has 3 aromatic rings. The van der Waals surface area contributed by atoms with Crippen molar-refractivity contribution < 1.29 is 0 Å². The van der Waals surface area contributed by atoms with Crippen LogP contribution in [0.5, 0.6) is 0 Å². The first-order chi connectivity index (χ1) is 12.1. The molecule has 1 heterocycles. The Balaban J connectivity index is 1.88. The van der Waals surface area contributed by atoms with E-state index in [1.165, 1.54) is 5.56 Å². The Bertz CT molecular complexity index is 870. The molecule has 0 atom stereocenters. The number of benzene rings is 2. The number of aromatic nitrogens is 1. The molecule has 2 nitrogen and oxygen atoms in total. The van der Waals surface area contributed by atoms with Crippen LogP contribution in [-0.2, 0) is 12.8 Å². The van der Waals surface area contributed by atoms with Crippen molar-refractivity contribution in [1.82, 2.24) is 4.98 Å². The Hall–Kier alpha value is -2.26. The summed E-state index contributed by atoms with van der Waals surface area (Å²) in [5.74, 6) is 0.193. The van der Waals surface area contributed by atoms with Gasteiger partial charge in [0.2, 0.25) is 0 Å². The van der Waals surface area contributed by atoms with Crippen LogP contribution in [0.15, 0.2) is 81.3 Å². The van der Waals surface area contributed by atoms with Crippen molar-refractivity contribution in [1.29, 1.82) is 0 Å². The van der Waals surface area contributed by atoms with E-state index in [0.717, 1.165) is 33.9 Å². The first kappa shape index (κ1) is 17.6. The van der Waals surface area contributed by atoms with E-state index < -0.39 is 0 Å². The minimum Gasteiger partial charge on any atom is -0.326 e. The predicted octanol–water partition coefficient (Wildman–Crippen LogP) is 5.43. The monoisotopic (exact) mass is 349 g/mol. The molecule has 3 rings (SSSR count). The fraction of sp³-hybridized carbons (Fsp3) is 0.227. The highest BCUT2D eigenvalue weighted by Gasteiger charge is 2.14. The van der Waals surface area contributed by atoms with Crippen molar-refractivity contribution in [2.24, 2.45) is 0 Å². The van der Waals surface area contributed by atoms with Gasteiger partial charge in [0.1, 0.15) is 0 Å². The zero-order chi connectivity index (χ0) is 17.6. The van der Waals surface area contributed by atoms with Crippen molar-refractivity contribution >= 4 is 11.8 Å². The number of rotatable bonds is 6. The maximum absolute atomic E-state index is 12.6. The number of pyridine rings is 1. The maximum atomic E-state index is 12.6. The Morgan fingerprint density at radius 2 is 1.56 bits per heavy atom. The third-order valence-electron chi connectivity index (χ3n) is 4.16. The second-order valence-electron chi connectivity index (χ2n) is 6.46. The van der Waals surface area contributed by atoms with Crippen LogP contribution < -0.4 is 5.56 Å². The first-order valence-corrected chi connectivity index (χ1v) is 9.48. The van der Waals surface area contributed by atoms with Crippen LogP contribution >= 0.6 is 11.8 Å². The highest BCUT2D eigenvalue weighted by Crippen LogP contribution is 2.32. The van der Waals surface area contributed by atoms with E-state index in [-0.39, 0.29) is 11.5 Å². The summed E-state index contributed by atoms with van der Waals surface area (Å²) in [6, 6.07) is 22.8. The van der Waals surface area contributed by atoms with Gasteiger partial charge in [-0.2, -0.15) is 0 Å². The van der Waals surface area contributed by atoms with Gasteiger partial charge in [0.25, 0.3) is 5.56 Å². The molecular formula is C22H23NOS. The lowest BCUT2D eigenvalue weighted by molar-refractivity contribution is 0.797. The molecule has 0 unspecified atom stereocenters. The van der Waals surface area contributed by atoms with E-state index in [1.54, 1.807) is 11.8 Å². The Morgan fingerprint density at radius 3 is 2.20 bits per heavy atom. The fourth-order valence-electron chi connectivity index (χ4n) is 2.90. The van der Waals surface area contributed by atoms with Gasteiger partial charge in [-0.15, -0.1) is 0 Å². The van der Waals surface area contributed by atoms with Gasteiger partial charge in [0.05, 0.1) is 0 Å². The summed E-state index contributed by atoms with van der Waals surface area (Å²) in [5, 5.41) is 0. The molecule has 0 amide bonds. The number of H-pyrrole nitrogens is 1. The van der Waals surface area contributed by atoms with Crippen molar-refractivity contribution in [2.45, 2.75) is 42.4 Å². The van der Waals surface area contributed by atoms with E-state index in [0.29, 0.717) is 0 Å². The van der Waals surface area contributed by atoms with E-state index in [4.69, 9.17) is 0 Å². The first-order valence-electron chi connectivity index (χ1n) is 8.66. The minimum atomic E-state index is 0.0407. The number of hydrogen-bond donors (Lipinski definition) is 1. The van der Waals surface area contributed by atoms with Gasteiger partial charge in [-0.3, -0.25) is 4.79 Å². The number of hydrogen-bond acceptors (Lipinski definition) is 2. The third-order valence-corrected chi connectivity index (χ3v) is 5.23. The smallest absolute Gasteiger partial charge is 0.252 e. The second kappa shape index (κ2) is 8.21. The fourth-order valence-corrected chi connectivity index (χ4v) is 4.09. The van der Waals surface area contributed by atoms with Gasteiger partial charge >= 0.3 is 0 Å². The van der Waals surface area contributed by atoms with Crippen LogP contribution in [0, 0.1) is 0 Å². The minimum absolute atomic E-state index is 0.0407. The lowest BCUT2D eigenvalue weighted by Crippen LogP contribution is -2.17. The Kier molecular flexibility index (Phi) is 5.77. The van der Waals surface area contributed by atoms with Crippen molar-refractivity contribution in [3.63, 3.8) is 0 Å². The van der Waals surface area contributed by atoms with Crippen LogP contribution in [0.25, 0.3) is 0 Å². The Labute approximate surface area is 153 Å². The zero-order valence-electron chi connectivity index (χ0n) is 14.7. The van der Waals surface area contributed by atoms with Gasteiger partial charge in [-0.1, -0.05) is 74.1 Å². The average Bonchev–Trinajstić information content (AvgIpc) is 2.61. The van der Waals surface area contributed by atoms with Crippen molar-refractivity contribution in [2.75, 3.05) is 0 Å².